The first-order valence-electron chi connectivity index (χ1n) is 6.09. The van der Waals surface area contributed by atoms with E-state index >= 15 is 0 Å². The lowest BCUT2D eigenvalue weighted by atomic mass is 10.1. The summed E-state index contributed by atoms with van der Waals surface area (Å²) in [6, 6.07) is 6.01. The highest BCUT2D eigenvalue weighted by atomic mass is 35.5. The number of hydrogen-bond donors (Lipinski definition) is 0. The summed E-state index contributed by atoms with van der Waals surface area (Å²) in [7, 11) is 0. The van der Waals surface area contributed by atoms with E-state index in [4.69, 9.17) is 21.1 Å². The van der Waals surface area contributed by atoms with Gasteiger partial charge in [0.2, 0.25) is 0 Å². The van der Waals surface area contributed by atoms with E-state index in [-0.39, 0.29) is 11.5 Å². The fourth-order valence-electron chi connectivity index (χ4n) is 1.62. The van der Waals surface area contributed by atoms with E-state index < -0.39 is 0 Å². The van der Waals surface area contributed by atoms with E-state index in [0.717, 1.165) is 17.9 Å². The Morgan fingerprint density at radius 2 is 1.88 bits per heavy atom. The molecule has 0 saturated heterocycles. The predicted octanol–water partition coefficient (Wildman–Crippen LogP) is 4.04. The third kappa shape index (κ3) is 4.86. The molecule has 0 spiro atoms. The van der Waals surface area contributed by atoms with E-state index in [2.05, 4.69) is 0 Å². The Bertz CT molecular complexity index is 348. The fraction of sp³-hybridized carbons (Fsp3) is 0.571. The summed E-state index contributed by atoms with van der Waals surface area (Å²) in [6.07, 6.45) is 0.982. The highest BCUT2D eigenvalue weighted by Gasteiger charge is 2.09. The van der Waals surface area contributed by atoms with Gasteiger partial charge in [-0.1, -0.05) is 6.07 Å². The molecule has 0 heterocycles. The van der Waals surface area contributed by atoms with Gasteiger partial charge in [-0.25, -0.2) is 0 Å². The Labute approximate surface area is 109 Å². The molecule has 0 aliphatic rings. The van der Waals surface area contributed by atoms with Gasteiger partial charge < -0.3 is 9.47 Å². The minimum atomic E-state index is 0.126. The summed E-state index contributed by atoms with van der Waals surface area (Å²) in [6.45, 7) is 8.60. The van der Waals surface area contributed by atoms with Gasteiger partial charge in [0.1, 0.15) is 0 Å². The maximum atomic E-state index is 5.99. The Balaban J connectivity index is 2.90. The van der Waals surface area contributed by atoms with E-state index in [1.165, 1.54) is 5.56 Å². The molecule has 0 amide bonds. The zero-order chi connectivity index (χ0) is 12.8. The Kier molecular flexibility index (Phi) is 5.63. The lowest BCUT2D eigenvalue weighted by molar-refractivity contribution is 0.223. The molecule has 0 bridgehead atoms. The highest BCUT2D eigenvalue weighted by molar-refractivity contribution is 6.20. The molecule has 0 saturated carbocycles. The first-order chi connectivity index (χ1) is 8.02. The maximum absolute atomic E-state index is 5.99. The normalized spacial score (nSPS) is 12.6. The second-order valence-corrected chi connectivity index (χ2v) is 5.11. The summed E-state index contributed by atoms with van der Waals surface area (Å²) in [5, 5.41) is 0.126. The molecule has 1 unspecified atom stereocenters. The van der Waals surface area contributed by atoms with Gasteiger partial charge in [0.25, 0.3) is 0 Å². The van der Waals surface area contributed by atoms with Crippen LogP contribution < -0.4 is 9.47 Å². The van der Waals surface area contributed by atoms with Crippen LogP contribution in [0.2, 0.25) is 0 Å². The van der Waals surface area contributed by atoms with Crippen LogP contribution in [-0.4, -0.2) is 18.1 Å². The first-order valence-corrected chi connectivity index (χ1v) is 6.53. The minimum Gasteiger partial charge on any atom is -0.490 e. The second kappa shape index (κ2) is 6.75. The average molecular weight is 257 g/mol. The molecule has 17 heavy (non-hydrogen) atoms. The number of benzene rings is 1. The predicted molar refractivity (Wildman–Crippen MR) is 72.4 cm³/mol. The van der Waals surface area contributed by atoms with Crippen molar-refractivity contribution in [2.24, 2.45) is 0 Å². The van der Waals surface area contributed by atoms with E-state index in [0.29, 0.717) is 6.61 Å². The van der Waals surface area contributed by atoms with Crippen LogP contribution in [0.1, 0.15) is 33.3 Å². The van der Waals surface area contributed by atoms with E-state index in [1.54, 1.807) is 0 Å². The molecule has 1 rings (SSSR count). The van der Waals surface area contributed by atoms with Gasteiger partial charge >= 0.3 is 0 Å². The van der Waals surface area contributed by atoms with Crippen molar-refractivity contribution in [1.29, 1.82) is 0 Å². The molecule has 0 N–H and O–H groups in total. The van der Waals surface area contributed by atoms with Crippen molar-refractivity contribution >= 4 is 11.6 Å². The van der Waals surface area contributed by atoms with Crippen LogP contribution in [0.15, 0.2) is 18.2 Å². The molecule has 2 nitrogen and oxygen atoms in total. The van der Waals surface area contributed by atoms with Crippen LogP contribution >= 0.6 is 11.6 Å². The molecule has 0 fully saturated rings. The molecule has 1 aromatic rings. The first kappa shape index (κ1) is 14.2. The van der Waals surface area contributed by atoms with Crippen molar-refractivity contribution in [2.75, 3.05) is 6.61 Å². The lowest BCUT2D eigenvalue weighted by Crippen LogP contribution is -2.08. The van der Waals surface area contributed by atoms with Crippen LogP contribution in [0.3, 0.4) is 0 Å². The third-order valence-electron chi connectivity index (χ3n) is 2.19. The summed E-state index contributed by atoms with van der Waals surface area (Å²) in [5.41, 5.74) is 1.17. The zero-order valence-electron chi connectivity index (χ0n) is 11.0. The highest BCUT2D eigenvalue weighted by Crippen LogP contribution is 2.30. The van der Waals surface area contributed by atoms with Crippen LogP contribution in [0, 0.1) is 0 Å². The van der Waals surface area contributed by atoms with E-state index in [9.17, 15) is 0 Å². The van der Waals surface area contributed by atoms with Gasteiger partial charge in [-0.15, -0.1) is 11.6 Å². The van der Waals surface area contributed by atoms with E-state index in [1.807, 2.05) is 45.9 Å². The van der Waals surface area contributed by atoms with Gasteiger partial charge in [-0.3, -0.25) is 0 Å². The van der Waals surface area contributed by atoms with Crippen molar-refractivity contribution in [3.8, 4) is 11.5 Å². The van der Waals surface area contributed by atoms with Crippen LogP contribution in [0.4, 0.5) is 0 Å². The molecule has 0 aliphatic carbocycles. The van der Waals surface area contributed by atoms with Crippen molar-refractivity contribution in [3.05, 3.63) is 23.8 Å². The van der Waals surface area contributed by atoms with Crippen molar-refractivity contribution in [2.45, 2.75) is 45.6 Å². The van der Waals surface area contributed by atoms with Gasteiger partial charge in [0.15, 0.2) is 11.5 Å². The molecular weight excluding hydrogens is 236 g/mol. The SMILES string of the molecule is CCOc1cc(CC(C)Cl)ccc1OC(C)C. The van der Waals surface area contributed by atoms with Crippen molar-refractivity contribution in [1.82, 2.24) is 0 Å². The summed E-state index contributed by atoms with van der Waals surface area (Å²) in [5.74, 6) is 1.60. The van der Waals surface area contributed by atoms with Gasteiger partial charge in [-0.05, 0) is 51.8 Å². The summed E-state index contributed by atoms with van der Waals surface area (Å²) >= 11 is 5.99. The molecule has 1 atom stereocenters. The number of halogens is 1. The lowest BCUT2D eigenvalue weighted by Gasteiger charge is -2.15. The molecule has 96 valence electrons. The molecular formula is C14H21ClO2. The monoisotopic (exact) mass is 256 g/mol. The number of hydrogen-bond acceptors (Lipinski definition) is 2. The zero-order valence-corrected chi connectivity index (χ0v) is 11.8. The topological polar surface area (TPSA) is 18.5 Å². The fourth-order valence-corrected chi connectivity index (χ4v) is 1.80. The summed E-state index contributed by atoms with van der Waals surface area (Å²) in [4.78, 5) is 0. The number of alkyl halides is 1. The maximum Gasteiger partial charge on any atom is 0.161 e. The van der Waals surface area contributed by atoms with Crippen molar-refractivity contribution in [3.63, 3.8) is 0 Å². The smallest absolute Gasteiger partial charge is 0.161 e. The molecule has 1 aromatic carbocycles. The third-order valence-corrected chi connectivity index (χ3v) is 2.34. The van der Waals surface area contributed by atoms with Crippen LogP contribution in [-0.2, 0) is 6.42 Å². The molecule has 3 heteroatoms. The Morgan fingerprint density at radius 3 is 2.41 bits per heavy atom. The quantitative estimate of drug-likeness (QED) is 0.715. The average Bonchev–Trinajstić information content (AvgIpc) is 2.21. The molecule has 0 radical (unpaired) electrons. The largest absolute Gasteiger partial charge is 0.490 e. The van der Waals surface area contributed by atoms with Crippen LogP contribution in [0.5, 0.6) is 11.5 Å². The van der Waals surface area contributed by atoms with Crippen molar-refractivity contribution < 1.29 is 9.47 Å². The summed E-state index contributed by atoms with van der Waals surface area (Å²) < 4.78 is 11.3. The van der Waals surface area contributed by atoms with Crippen LogP contribution in [0.25, 0.3) is 0 Å². The van der Waals surface area contributed by atoms with Gasteiger partial charge in [0, 0.05) is 5.38 Å². The minimum absolute atomic E-state index is 0.126. The Morgan fingerprint density at radius 1 is 1.18 bits per heavy atom. The molecule has 0 aliphatic heterocycles. The Hall–Kier alpha value is -0.890. The number of rotatable bonds is 6. The van der Waals surface area contributed by atoms with Gasteiger partial charge in [-0.2, -0.15) is 0 Å². The van der Waals surface area contributed by atoms with Gasteiger partial charge in [0.05, 0.1) is 12.7 Å². The number of ether oxygens (including phenoxy) is 2. The second-order valence-electron chi connectivity index (χ2n) is 4.37. The molecule has 0 aromatic heterocycles. The standard InChI is InChI=1S/C14H21ClO2/c1-5-16-14-9-12(8-11(4)15)6-7-13(14)17-10(2)3/h6-7,9-11H,5,8H2,1-4H3.